The van der Waals surface area contributed by atoms with Crippen LogP contribution in [0.3, 0.4) is 0 Å². The highest BCUT2D eigenvalue weighted by Crippen LogP contribution is 2.33. The first-order valence-electron chi connectivity index (χ1n) is 5.20. The SMILES string of the molecule is O=C(O)Cn1c(Cl)nc2cccc(C(F)(F)F)c2c1=O. The second-order valence-corrected chi connectivity index (χ2v) is 4.20. The van der Waals surface area contributed by atoms with Crippen LogP contribution in [-0.2, 0) is 17.5 Å². The second kappa shape index (κ2) is 4.78. The molecule has 0 atom stereocenters. The van der Waals surface area contributed by atoms with Crippen LogP contribution in [0.5, 0.6) is 0 Å². The Balaban J connectivity index is 2.88. The third kappa shape index (κ3) is 2.46. The Morgan fingerprint density at radius 3 is 2.60 bits per heavy atom. The second-order valence-electron chi connectivity index (χ2n) is 3.86. The van der Waals surface area contributed by atoms with Crippen LogP contribution < -0.4 is 5.56 Å². The normalized spacial score (nSPS) is 11.8. The van der Waals surface area contributed by atoms with E-state index in [1.165, 1.54) is 6.07 Å². The van der Waals surface area contributed by atoms with Crippen LogP contribution in [0.1, 0.15) is 5.56 Å². The number of aromatic nitrogens is 2. The van der Waals surface area contributed by atoms with Gasteiger partial charge in [-0.15, -0.1) is 0 Å². The maximum Gasteiger partial charge on any atom is 0.417 e. The standard InChI is InChI=1S/C11H6ClF3N2O3/c12-10-16-6-3-1-2-5(11(13,14)15)8(6)9(20)17(10)4-7(18)19/h1-3H,4H2,(H,18,19). The first-order valence-corrected chi connectivity index (χ1v) is 5.57. The molecular weight excluding hydrogens is 301 g/mol. The van der Waals surface area contributed by atoms with Gasteiger partial charge in [-0.05, 0) is 23.7 Å². The van der Waals surface area contributed by atoms with E-state index in [9.17, 15) is 22.8 Å². The van der Waals surface area contributed by atoms with Crippen LogP contribution in [0, 0.1) is 0 Å². The van der Waals surface area contributed by atoms with Crippen LogP contribution in [-0.4, -0.2) is 20.6 Å². The fourth-order valence-corrected chi connectivity index (χ4v) is 1.97. The third-order valence-electron chi connectivity index (χ3n) is 2.54. The molecule has 9 heteroatoms. The molecule has 106 valence electrons. The van der Waals surface area contributed by atoms with E-state index in [1.54, 1.807) is 0 Å². The molecule has 1 N–H and O–H groups in total. The molecule has 0 saturated heterocycles. The largest absolute Gasteiger partial charge is 0.480 e. The molecule has 0 aliphatic heterocycles. The minimum absolute atomic E-state index is 0.239. The van der Waals surface area contributed by atoms with E-state index in [1.807, 2.05) is 0 Å². The maximum atomic E-state index is 12.9. The van der Waals surface area contributed by atoms with Crippen molar-refractivity contribution >= 4 is 28.5 Å². The van der Waals surface area contributed by atoms with E-state index in [0.29, 0.717) is 4.57 Å². The molecule has 0 bridgehead atoms. The van der Waals surface area contributed by atoms with Crippen molar-refractivity contribution in [2.45, 2.75) is 12.7 Å². The van der Waals surface area contributed by atoms with Crippen LogP contribution in [0.25, 0.3) is 10.9 Å². The molecule has 2 aromatic rings. The fourth-order valence-electron chi connectivity index (χ4n) is 1.75. The van der Waals surface area contributed by atoms with Crippen molar-refractivity contribution in [2.24, 2.45) is 0 Å². The van der Waals surface area contributed by atoms with Gasteiger partial charge in [-0.25, -0.2) is 4.98 Å². The number of hydrogen-bond donors (Lipinski definition) is 1. The Bertz CT molecular complexity index is 755. The molecule has 1 aromatic carbocycles. The fraction of sp³-hybridized carbons (Fsp3) is 0.182. The summed E-state index contributed by atoms with van der Waals surface area (Å²) in [5.74, 6) is -1.42. The Hall–Kier alpha value is -2.09. The van der Waals surface area contributed by atoms with Crippen molar-refractivity contribution in [1.29, 1.82) is 0 Å². The number of carboxylic acids is 1. The molecule has 1 heterocycles. The molecule has 5 nitrogen and oxygen atoms in total. The zero-order valence-electron chi connectivity index (χ0n) is 9.61. The van der Waals surface area contributed by atoms with Gasteiger partial charge < -0.3 is 5.11 Å². The number of carboxylic acid groups (broad SMARTS) is 1. The van der Waals surface area contributed by atoms with Crippen molar-refractivity contribution in [3.63, 3.8) is 0 Å². The summed E-state index contributed by atoms with van der Waals surface area (Å²) in [4.78, 5) is 26.3. The number of hydrogen-bond acceptors (Lipinski definition) is 3. The first kappa shape index (κ1) is 14.3. The zero-order chi connectivity index (χ0) is 15.1. The van der Waals surface area contributed by atoms with Crippen LogP contribution >= 0.6 is 11.6 Å². The van der Waals surface area contributed by atoms with E-state index in [2.05, 4.69) is 4.98 Å². The molecular formula is C11H6ClF3N2O3. The van der Waals surface area contributed by atoms with Gasteiger partial charge in [0, 0.05) is 0 Å². The minimum Gasteiger partial charge on any atom is -0.480 e. The van der Waals surface area contributed by atoms with Crippen molar-refractivity contribution in [3.05, 3.63) is 39.4 Å². The van der Waals surface area contributed by atoms with Gasteiger partial charge in [-0.1, -0.05) is 6.07 Å². The van der Waals surface area contributed by atoms with E-state index in [0.717, 1.165) is 12.1 Å². The van der Waals surface area contributed by atoms with Crippen LogP contribution in [0.4, 0.5) is 13.2 Å². The summed E-state index contributed by atoms with van der Waals surface area (Å²) in [5.41, 5.74) is -2.56. The van der Waals surface area contributed by atoms with Gasteiger partial charge in [0.2, 0.25) is 5.28 Å². The Labute approximate surface area is 114 Å². The number of carbonyl (C=O) groups is 1. The highest BCUT2D eigenvalue weighted by Gasteiger charge is 2.34. The molecule has 0 aliphatic rings. The molecule has 2 rings (SSSR count). The van der Waals surface area contributed by atoms with Gasteiger partial charge in [-0.2, -0.15) is 13.2 Å². The molecule has 0 saturated carbocycles. The molecule has 0 aliphatic carbocycles. The van der Waals surface area contributed by atoms with E-state index in [-0.39, 0.29) is 5.52 Å². The topological polar surface area (TPSA) is 72.2 Å². The molecule has 0 spiro atoms. The van der Waals surface area contributed by atoms with Crippen molar-refractivity contribution in [1.82, 2.24) is 9.55 Å². The Morgan fingerprint density at radius 1 is 1.40 bits per heavy atom. The van der Waals surface area contributed by atoms with E-state index < -0.39 is 40.5 Å². The summed E-state index contributed by atoms with van der Waals surface area (Å²) in [6.45, 7) is -0.868. The lowest BCUT2D eigenvalue weighted by Crippen LogP contribution is -2.27. The van der Waals surface area contributed by atoms with E-state index in [4.69, 9.17) is 16.7 Å². The van der Waals surface area contributed by atoms with Gasteiger partial charge in [0.25, 0.3) is 5.56 Å². The lowest BCUT2D eigenvalue weighted by molar-refractivity contribution is -0.137. The number of alkyl halides is 3. The van der Waals surface area contributed by atoms with E-state index >= 15 is 0 Å². The number of fused-ring (bicyclic) bond motifs is 1. The number of aliphatic carboxylic acids is 1. The molecule has 0 fully saturated rings. The Kier molecular flexibility index (Phi) is 3.43. The summed E-state index contributed by atoms with van der Waals surface area (Å²) < 4.78 is 39.1. The third-order valence-corrected chi connectivity index (χ3v) is 2.82. The quantitative estimate of drug-likeness (QED) is 0.863. The van der Waals surface area contributed by atoms with Crippen molar-refractivity contribution in [2.75, 3.05) is 0 Å². The van der Waals surface area contributed by atoms with Gasteiger partial charge in [0.15, 0.2) is 0 Å². The highest BCUT2D eigenvalue weighted by molar-refractivity contribution is 6.28. The summed E-state index contributed by atoms with van der Waals surface area (Å²) in [7, 11) is 0. The lowest BCUT2D eigenvalue weighted by Gasteiger charge is -2.12. The molecule has 1 aromatic heterocycles. The lowest BCUT2D eigenvalue weighted by atomic mass is 10.1. The maximum absolute atomic E-state index is 12.9. The first-order chi connectivity index (χ1) is 9.21. The summed E-state index contributed by atoms with van der Waals surface area (Å²) in [5, 5.41) is 7.46. The predicted octanol–water partition coefficient (Wildman–Crippen LogP) is 2.15. The van der Waals surface area contributed by atoms with Gasteiger partial charge in [0.1, 0.15) is 6.54 Å². The summed E-state index contributed by atoms with van der Waals surface area (Å²) in [6, 6.07) is 3.02. The van der Waals surface area contributed by atoms with Crippen LogP contribution in [0.2, 0.25) is 5.28 Å². The number of halogens is 4. The average Bonchev–Trinajstić information content (AvgIpc) is 2.32. The number of nitrogens with zero attached hydrogens (tertiary/aromatic N) is 2. The zero-order valence-corrected chi connectivity index (χ0v) is 10.4. The summed E-state index contributed by atoms with van der Waals surface area (Å²) >= 11 is 5.63. The summed E-state index contributed by atoms with van der Waals surface area (Å²) in [6.07, 6.45) is -4.75. The average molecular weight is 307 g/mol. The number of rotatable bonds is 2. The van der Waals surface area contributed by atoms with Crippen LogP contribution in [0.15, 0.2) is 23.0 Å². The van der Waals surface area contributed by atoms with Gasteiger partial charge in [0.05, 0.1) is 16.5 Å². The van der Waals surface area contributed by atoms with Crippen molar-refractivity contribution < 1.29 is 23.1 Å². The molecule has 20 heavy (non-hydrogen) atoms. The van der Waals surface area contributed by atoms with Crippen molar-refractivity contribution in [3.8, 4) is 0 Å². The number of benzene rings is 1. The Morgan fingerprint density at radius 2 is 2.05 bits per heavy atom. The highest BCUT2D eigenvalue weighted by atomic mass is 35.5. The minimum atomic E-state index is -4.75. The predicted molar refractivity (Wildman–Crippen MR) is 63.7 cm³/mol. The van der Waals surface area contributed by atoms with Gasteiger partial charge in [-0.3, -0.25) is 14.2 Å². The monoisotopic (exact) mass is 306 g/mol. The molecule has 0 unspecified atom stereocenters. The molecule has 0 radical (unpaired) electrons. The molecule has 0 amide bonds. The van der Waals surface area contributed by atoms with Gasteiger partial charge >= 0.3 is 12.1 Å². The smallest absolute Gasteiger partial charge is 0.417 e.